The highest BCUT2D eigenvalue weighted by Crippen LogP contribution is 2.27. The van der Waals surface area contributed by atoms with Gasteiger partial charge >= 0.3 is 0 Å². The minimum Gasteiger partial charge on any atom is -0.506 e. The first-order chi connectivity index (χ1) is 11.9. The average molecular weight is 333 g/mol. The monoisotopic (exact) mass is 334 g/mol. The fourth-order valence-corrected chi connectivity index (χ4v) is 2.46. The highest BCUT2D eigenvalue weighted by atomic mass is 16.6. The van der Waals surface area contributed by atoms with Crippen molar-refractivity contribution >= 4 is 67.0 Å². The van der Waals surface area contributed by atoms with E-state index in [1.807, 2.05) is 12.1 Å². The van der Waals surface area contributed by atoms with Gasteiger partial charge < -0.3 is 19.3 Å². The summed E-state index contributed by atoms with van der Waals surface area (Å²) >= 11 is 0. The molecule has 0 spiro atoms. The van der Waals surface area contributed by atoms with E-state index in [0.717, 1.165) is 25.2 Å². The molecule has 0 bridgehead atoms. The van der Waals surface area contributed by atoms with Gasteiger partial charge in [-0.15, -0.1) is 0 Å². The molecule has 0 N–H and O–H groups in total. The largest absolute Gasteiger partial charge is 0.506 e. The molecule has 0 saturated carbocycles. The van der Waals surface area contributed by atoms with Crippen molar-refractivity contribution in [3.05, 3.63) is 24.3 Å². The number of rotatable bonds is 7. The molecule has 0 aliphatic carbocycles. The van der Waals surface area contributed by atoms with Crippen LogP contribution < -0.4 is 9.64 Å². The van der Waals surface area contributed by atoms with Gasteiger partial charge in [-0.05, 0) is 29.6 Å². The van der Waals surface area contributed by atoms with Gasteiger partial charge in [0.25, 0.3) is 0 Å². The van der Waals surface area contributed by atoms with Crippen molar-refractivity contribution in [2.45, 2.75) is 16.1 Å². The van der Waals surface area contributed by atoms with Gasteiger partial charge in [0.15, 0.2) is 0 Å². The number of hydrogen-bond donors (Lipinski definition) is 0. The van der Waals surface area contributed by atoms with E-state index in [1.54, 1.807) is 17.0 Å². The maximum absolute atomic E-state index is 10.8. The summed E-state index contributed by atoms with van der Waals surface area (Å²) in [6.07, 6.45) is 0.850. The van der Waals surface area contributed by atoms with E-state index in [4.69, 9.17) is 64.4 Å². The van der Waals surface area contributed by atoms with E-state index in [9.17, 15) is 4.79 Å². The summed E-state index contributed by atoms with van der Waals surface area (Å²) in [5.41, 5.74) is 0.954. The van der Waals surface area contributed by atoms with Crippen molar-refractivity contribution in [2.24, 2.45) is 0 Å². The number of carbonyl (C=O) groups excluding carboxylic acids is 1. The maximum Gasteiger partial charge on any atom is 0.209 e. The molecule has 1 fully saturated rings. The number of benzene rings is 1. The molecular formula is C14H13B7N2O3. The van der Waals surface area contributed by atoms with E-state index >= 15 is 0 Å². The van der Waals surface area contributed by atoms with Gasteiger partial charge in [0, 0.05) is 42.7 Å². The van der Waals surface area contributed by atoms with E-state index in [2.05, 4.69) is 4.90 Å². The molecule has 1 aromatic carbocycles. The van der Waals surface area contributed by atoms with E-state index in [-0.39, 0.29) is 0 Å². The molecule has 2 rings (SSSR count). The first-order valence-electron chi connectivity index (χ1n) is 7.89. The summed E-state index contributed by atoms with van der Waals surface area (Å²) in [5.74, 6) is 0.297. The third kappa shape index (κ3) is 5.35. The lowest BCUT2D eigenvalue weighted by Gasteiger charge is -2.48. The zero-order chi connectivity index (χ0) is 19.6. The zero-order valence-corrected chi connectivity index (χ0v) is 14.4. The van der Waals surface area contributed by atoms with Crippen LogP contribution in [-0.2, 0) is 9.53 Å². The minimum atomic E-state index is -2.27. The van der Waals surface area contributed by atoms with Gasteiger partial charge in [0.2, 0.25) is 6.41 Å². The van der Waals surface area contributed by atoms with Crippen LogP contribution >= 0.6 is 0 Å². The molecule has 0 unspecified atom stereocenters. The highest BCUT2D eigenvalue weighted by molar-refractivity contribution is 6.59. The summed E-state index contributed by atoms with van der Waals surface area (Å²) in [7, 11) is 39.0. The summed E-state index contributed by atoms with van der Waals surface area (Å²) in [6, 6.07) is 6.92. The second kappa shape index (κ2) is 7.75. The highest BCUT2D eigenvalue weighted by Gasteiger charge is 2.39. The average Bonchev–Trinajstić information content (AvgIpc) is 2.53. The number of piperazine rings is 1. The number of ether oxygens (including phenoxy) is 2. The number of hydrogen-bond acceptors (Lipinski definition) is 4. The normalized spacial score (nSPS) is 16.3. The second-order valence-electron chi connectivity index (χ2n) is 6.27. The third-order valence-corrected chi connectivity index (χ3v) is 3.91. The van der Waals surface area contributed by atoms with E-state index in [0.29, 0.717) is 18.8 Å². The van der Waals surface area contributed by atoms with Crippen LogP contribution in [-0.4, -0.2) is 109 Å². The van der Waals surface area contributed by atoms with Crippen LogP contribution in [0.4, 0.5) is 5.69 Å². The van der Waals surface area contributed by atoms with Crippen LogP contribution in [0.2, 0.25) is 0 Å². The van der Waals surface area contributed by atoms with Crippen LogP contribution in [0.3, 0.4) is 0 Å². The first-order valence-corrected chi connectivity index (χ1v) is 7.89. The smallest absolute Gasteiger partial charge is 0.209 e. The maximum atomic E-state index is 10.8. The summed E-state index contributed by atoms with van der Waals surface area (Å²) < 4.78 is 10.3. The number of amides is 1. The van der Waals surface area contributed by atoms with Gasteiger partial charge in [-0.1, -0.05) is 0 Å². The van der Waals surface area contributed by atoms with Crippen molar-refractivity contribution in [2.75, 3.05) is 31.1 Å². The van der Waals surface area contributed by atoms with Crippen LogP contribution in [0.1, 0.15) is 0 Å². The Morgan fingerprint density at radius 3 is 1.85 bits per heavy atom. The van der Waals surface area contributed by atoms with Crippen LogP contribution in [0.15, 0.2) is 24.3 Å². The van der Waals surface area contributed by atoms with Crippen molar-refractivity contribution in [3.63, 3.8) is 0 Å². The lowest BCUT2D eigenvalue weighted by molar-refractivity contribution is -0.118. The number of carbonyl (C=O) groups is 1. The lowest BCUT2D eigenvalue weighted by Crippen LogP contribution is -2.65. The summed E-state index contributed by atoms with van der Waals surface area (Å²) in [6.45, 7) is 2.78. The molecule has 1 amide bonds. The fraction of sp³-hybridized carbons (Fsp3) is 0.500. The second-order valence-corrected chi connectivity index (χ2v) is 6.27. The Bertz CT molecular complexity index is 614. The quantitative estimate of drug-likeness (QED) is 0.407. The van der Waals surface area contributed by atoms with Gasteiger partial charge in [0.05, 0.1) is 23.5 Å². The molecule has 1 aliphatic heterocycles. The molecule has 5 nitrogen and oxygen atoms in total. The van der Waals surface area contributed by atoms with Gasteiger partial charge in [0.1, 0.15) is 37.1 Å². The van der Waals surface area contributed by atoms with E-state index in [1.165, 1.54) is 0 Å². The molecule has 1 saturated heterocycles. The van der Waals surface area contributed by atoms with Crippen LogP contribution in [0, 0.1) is 0 Å². The van der Waals surface area contributed by atoms with Crippen molar-refractivity contribution < 1.29 is 14.3 Å². The molecule has 118 valence electrons. The van der Waals surface area contributed by atoms with Crippen LogP contribution in [0.25, 0.3) is 0 Å². The van der Waals surface area contributed by atoms with Crippen molar-refractivity contribution in [1.29, 1.82) is 0 Å². The molecule has 12 heteroatoms. The number of nitrogens with zero attached hydrogens (tertiary/aromatic N) is 2. The van der Waals surface area contributed by atoms with Gasteiger partial charge in [-0.25, -0.2) is 0 Å². The summed E-state index contributed by atoms with van der Waals surface area (Å²) in [5, 5.41) is -6.59. The predicted molar refractivity (Wildman–Crippen MR) is 106 cm³/mol. The Morgan fingerprint density at radius 2 is 1.38 bits per heavy atom. The topological polar surface area (TPSA) is 42.0 Å². The van der Waals surface area contributed by atoms with Gasteiger partial charge in [-0.2, -0.15) is 0 Å². The minimum absolute atomic E-state index is 0.297. The summed E-state index contributed by atoms with van der Waals surface area (Å²) in [4.78, 5) is 14.6. The Labute approximate surface area is 163 Å². The Balaban J connectivity index is 2.03. The third-order valence-electron chi connectivity index (χ3n) is 3.91. The number of anilines is 1. The fourth-order valence-electron chi connectivity index (χ4n) is 2.46. The predicted octanol–water partition coefficient (Wildman–Crippen LogP) is -2.54. The van der Waals surface area contributed by atoms with Gasteiger partial charge in [-0.3, -0.25) is 4.79 Å². The van der Waals surface area contributed by atoms with E-state index < -0.39 is 16.1 Å². The van der Waals surface area contributed by atoms with Crippen LogP contribution in [0.5, 0.6) is 5.75 Å². The standard InChI is InChI=1S/C14H13B7N2O3/c15-12(16,13(17,18)26-14(19,20)21)25-11-3-1-10(2-4-11)23-7-5-22(9-24)6-8-23/h1-4,9H,5-8H2. The SMILES string of the molecule is [B]C([B])([B])OC([B])([B])C([B])([B])Oc1ccc(N2CCN(C=O)CC2)cc1. The molecular weight excluding hydrogens is 320 g/mol. The Hall–Kier alpha value is -1.30. The molecule has 1 aliphatic rings. The lowest BCUT2D eigenvalue weighted by atomic mass is 9.40. The molecule has 0 aromatic heterocycles. The first kappa shape index (κ1) is 21.0. The zero-order valence-electron chi connectivity index (χ0n) is 14.4. The van der Waals surface area contributed by atoms with Crippen molar-refractivity contribution in [3.8, 4) is 5.75 Å². The van der Waals surface area contributed by atoms with Crippen molar-refractivity contribution in [1.82, 2.24) is 4.90 Å². The molecule has 1 heterocycles. The molecule has 14 radical (unpaired) electrons. The Morgan fingerprint density at radius 1 is 0.846 bits per heavy atom. The molecule has 0 atom stereocenters. The molecule has 26 heavy (non-hydrogen) atoms. The molecule has 1 aromatic rings. The Kier molecular flexibility index (Phi) is 6.26.